The minimum atomic E-state index is -0.177. The molecule has 0 bridgehead atoms. The van der Waals surface area contributed by atoms with Crippen LogP contribution in [0.4, 0.5) is 5.13 Å². The van der Waals surface area contributed by atoms with E-state index in [2.05, 4.69) is 20.5 Å². The van der Waals surface area contributed by atoms with Crippen molar-refractivity contribution in [3.8, 4) is 16.3 Å². The fourth-order valence-corrected chi connectivity index (χ4v) is 3.22. The first-order valence-electron chi connectivity index (χ1n) is 6.44. The summed E-state index contributed by atoms with van der Waals surface area (Å²) in [5.74, 6) is -0.0129. The van der Waals surface area contributed by atoms with Crippen LogP contribution in [0.3, 0.4) is 0 Å². The number of rotatable bonds is 4. The van der Waals surface area contributed by atoms with Crippen molar-refractivity contribution in [3.63, 3.8) is 0 Å². The molecule has 0 spiro atoms. The zero-order valence-electron chi connectivity index (χ0n) is 11.6. The number of carbonyl (C=O) groups is 1. The van der Waals surface area contributed by atoms with Crippen molar-refractivity contribution in [1.82, 2.24) is 15.2 Å². The number of nitrogens with zero attached hydrogens (tertiary/aromatic N) is 3. The normalized spacial score (nSPS) is 10.6. The maximum atomic E-state index is 11.9. The molecule has 6 nitrogen and oxygen atoms in total. The van der Waals surface area contributed by atoms with Gasteiger partial charge in [0.1, 0.15) is 10.8 Å². The zero-order valence-corrected chi connectivity index (χ0v) is 13.2. The van der Waals surface area contributed by atoms with Crippen LogP contribution < -0.4 is 5.32 Å². The molecule has 112 valence electrons. The number of phenols is 1. The highest BCUT2D eigenvalue weighted by molar-refractivity contribution is 7.18. The highest BCUT2D eigenvalue weighted by Crippen LogP contribution is 2.28. The number of aromatic nitrogens is 3. The van der Waals surface area contributed by atoms with E-state index in [0.717, 1.165) is 16.3 Å². The van der Waals surface area contributed by atoms with Gasteiger partial charge >= 0.3 is 0 Å². The van der Waals surface area contributed by atoms with Gasteiger partial charge in [-0.1, -0.05) is 23.5 Å². The Kier molecular flexibility index (Phi) is 4.12. The van der Waals surface area contributed by atoms with Crippen molar-refractivity contribution in [1.29, 1.82) is 0 Å². The van der Waals surface area contributed by atoms with Crippen molar-refractivity contribution in [3.05, 3.63) is 40.3 Å². The Labute approximate surface area is 134 Å². The number of benzene rings is 1. The molecule has 0 aliphatic rings. The van der Waals surface area contributed by atoms with Gasteiger partial charge in [0.05, 0.1) is 17.1 Å². The molecular formula is C14H12N4O2S2. The third kappa shape index (κ3) is 3.46. The van der Waals surface area contributed by atoms with Gasteiger partial charge in [0, 0.05) is 10.9 Å². The number of amides is 1. The number of hydrogen-bond acceptors (Lipinski definition) is 7. The summed E-state index contributed by atoms with van der Waals surface area (Å²) in [6.45, 7) is 1.90. The van der Waals surface area contributed by atoms with Crippen LogP contribution in [0.5, 0.6) is 5.75 Å². The second kappa shape index (κ2) is 6.20. The second-order valence-electron chi connectivity index (χ2n) is 4.55. The summed E-state index contributed by atoms with van der Waals surface area (Å²) in [6, 6.07) is 6.74. The Bertz CT molecular complexity index is 813. The molecule has 22 heavy (non-hydrogen) atoms. The molecular weight excluding hydrogens is 320 g/mol. The Morgan fingerprint density at radius 2 is 2.23 bits per heavy atom. The molecule has 0 aliphatic carbocycles. The molecule has 3 aromatic rings. The maximum absolute atomic E-state index is 11.9. The Hall–Kier alpha value is -2.32. The summed E-state index contributed by atoms with van der Waals surface area (Å²) >= 11 is 2.77. The Morgan fingerprint density at radius 3 is 2.95 bits per heavy atom. The molecule has 0 radical (unpaired) electrons. The lowest BCUT2D eigenvalue weighted by atomic mass is 10.2. The molecule has 0 aliphatic heterocycles. The Balaban J connectivity index is 1.67. The van der Waals surface area contributed by atoms with E-state index < -0.39 is 0 Å². The van der Waals surface area contributed by atoms with Crippen molar-refractivity contribution in [2.75, 3.05) is 5.32 Å². The largest absolute Gasteiger partial charge is 0.508 e. The smallest absolute Gasteiger partial charge is 0.232 e. The van der Waals surface area contributed by atoms with Gasteiger partial charge < -0.3 is 10.4 Å². The molecule has 2 aromatic heterocycles. The van der Waals surface area contributed by atoms with Gasteiger partial charge in [-0.15, -0.1) is 21.5 Å². The van der Waals surface area contributed by atoms with Gasteiger partial charge in [-0.3, -0.25) is 4.79 Å². The first-order valence-corrected chi connectivity index (χ1v) is 8.13. The average molecular weight is 332 g/mol. The average Bonchev–Trinajstić information content (AvgIpc) is 3.08. The molecule has 1 amide bonds. The minimum Gasteiger partial charge on any atom is -0.508 e. The molecule has 8 heteroatoms. The van der Waals surface area contributed by atoms with Gasteiger partial charge in [0.25, 0.3) is 0 Å². The van der Waals surface area contributed by atoms with E-state index in [-0.39, 0.29) is 18.1 Å². The molecule has 1 aromatic carbocycles. The van der Waals surface area contributed by atoms with E-state index in [1.54, 1.807) is 18.2 Å². The van der Waals surface area contributed by atoms with Crippen LogP contribution in [-0.4, -0.2) is 26.2 Å². The fourth-order valence-electron chi connectivity index (χ4n) is 1.85. The van der Waals surface area contributed by atoms with Crippen LogP contribution in [0.25, 0.3) is 10.6 Å². The lowest BCUT2D eigenvalue weighted by Crippen LogP contribution is -2.14. The number of anilines is 1. The van der Waals surface area contributed by atoms with Crippen LogP contribution in [0.1, 0.15) is 10.7 Å². The first-order chi connectivity index (χ1) is 10.6. The monoisotopic (exact) mass is 332 g/mol. The maximum Gasteiger partial charge on any atom is 0.232 e. The summed E-state index contributed by atoms with van der Waals surface area (Å²) in [7, 11) is 0. The predicted molar refractivity (Wildman–Crippen MR) is 86.2 cm³/mol. The topological polar surface area (TPSA) is 88.0 Å². The third-order valence-electron chi connectivity index (χ3n) is 2.77. The molecule has 0 unspecified atom stereocenters. The van der Waals surface area contributed by atoms with E-state index in [1.165, 1.54) is 22.7 Å². The van der Waals surface area contributed by atoms with E-state index in [4.69, 9.17) is 0 Å². The van der Waals surface area contributed by atoms with Crippen LogP contribution in [0, 0.1) is 6.92 Å². The van der Waals surface area contributed by atoms with Crippen LogP contribution in [-0.2, 0) is 11.2 Å². The summed E-state index contributed by atoms with van der Waals surface area (Å²) in [5.41, 5.74) is 1.51. The van der Waals surface area contributed by atoms with Gasteiger partial charge in [0.2, 0.25) is 11.0 Å². The molecule has 0 fully saturated rings. The molecule has 2 N–H and O–H groups in total. The number of nitrogens with one attached hydrogen (secondary N) is 1. The number of thiazole rings is 1. The van der Waals surface area contributed by atoms with Crippen molar-refractivity contribution in [2.45, 2.75) is 13.3 Å². The second-order valence-corrected chi connectivity index (χ2v) is 6.59. The lowest BCUT2D eigenvalue weighted by Gasteiger charge is -1.98. The quantitative estimate of drug-likeness (QED) is 0.767. The number of aryl methyl sites for hydroxylation is 1. The molecule has 0 saturated carbocycles. The third-order valence-corrected chi connectivity index (χ3v) is 4.48. The van der Waals surface area contributed by atoms with Gasteiger partial charge in [-0.05, 0) is 19.1 Å². The fraction of sp³-hybridized carbons (Fsp3) is 0.143. The van der Waals surface area contributed by atoms with Gasteiger partial charge in [0.15, 0.2) is 0 Å². The van der Waals surface area contributed by atoms with Crippen molar-refractivity contribution >= 4 is 33.7 Å². The van der Waals surface area contributed by atoms with Crippen LogP contribution >= 0.6 is 22.7 Å². The Morgan fingerprint density at radius 1 is 1.36 bits per heavy atom. The number of aromatic hydroxyl groups is 1. The summed E-state index contributed by atoms with van der Waals surface area (Å²) in [6.07, 6.45) is 0.214. The zero-order chi connectivity index (χ0) is 15.5. The summed E-state index contributed by atoms with van der Waals surface area (Å²) < 4.78 is 0. The van der Waals surface area contributed by atoms with Crippen molar-refractivity contribution < 1.29 is 9.90 Å². The number of carbonyl (C=O) groups excluding carboxylic acids is 1. The predicted octanol–water partition coefficient (Wildman–Crippen LogP) is 2.86. The molecule has 3 rings (SSSR count). The molecule has 0 atom stereocenters. The van der Waals surface area contributed by atoms with Crippen molar-refractivity contribution in [2.24, 2.45) is 0 Å². The molecule has 0 saturated heterocycles. The van der Waals surface area contributed by atoms with E-state index >= 15 is 0 Å². The highest BCUT2D eigenvalue weighted by atomic mass is 32.1. The lowest BCUT2D eigenvalue weighted by molar-refractivity contribution is -0.115. The van der Waals surface area contributed by atoms with Crippen LogP contribution in [0.15, 0.2) is 29.6 Å². The van der Waals surface area contributed by atoms with Crippen LogP contribution in [0.2, 0.25) is 0 Å². The summed E-state index contributed by atoms with van der Waals surface area (Å²) in [4.78, 5) is 16.2. The SMILES string of the molecule is Cc1nc(CC(=O)Nc2nnc(-c3cccc(O)c3)s2)cs1. The van der Waals surface area contributed by atoms with E-state index in [0.29, 0.717) is 10.1 Å². The number of phenolic OH excluding ortho intramolecular Hbond substituents is 1. The minimum absolute atomic E-state index is 0.164. The highest BCUT2D eigenvalue weighted by Gasteiger charge is 2.11. The standard InChI is InChI=1S/C14H12N4O2S2/c1-8-15-10(7-21-8)6-12(20)16-14-18-17-13(22-14)9-3-2-4-11(19)5-9/h2-5,7,19H,6H2,1H3,(H,16,18,20). The van der Waals surface area contributed by atoms with Gasteiger partial charge in [-0.25, -0.2) is 4.98 Å². The summed E-state index contributed by atoms with van der Waals surface area (Å²) in [5, 5.41) is 24.0. The van der Waals surface area contributed by atoms with E-state index in [1.807, 2.05) is 18.4 Å². The number of hydrogen-bond donors (Lipinski definition) is 2. The van der Waals surface area contributed by atoms with Gasteiger partial charge in [-0.2, -0.15) is 0 Å². The first kappa shape index (κ1) is 14.6. The molecule has 2 heterocycles. The van der Waals surface area contributed by atoms with E-state index in [9.17, 15) is 9.90 Å².